The van der Waals surface area contributed by atoms with Gasteiger partial charge in [-0.05, 0) is 31.5 Å². The number of rotatable bonds is 4. The topological polar surface area (TPSA) is 35.2 Å². The maximum absolute atomic E-state index is 5.86. The number of benzene rings is 1. The standard InChI is InChI=1S/C11H14ClNOS/c1-3-7(2)14-10-5-4-8(12)6-9(10)11(13)15/h4-7H,3H2,1-2H3,(H2,13,15). The minimum absolute atomic E-state index is 0.138. The van der Waals surface area contributed by atoms with Crippen molar-refractivity contribution < 1.29 is 4.74 Å². The third-order valence-corrected chi connectivity index (χ3v) is 2.57. The van der Waals surface area contributed by atoms with Crippen molar-refractivity contribution in [2.75, 3.05) is 0 Å². The van der Waals surface area contributed by atoms with Gasteiger partial charge in [0.2, 0.25) is 0 Å². The van der Waals surface area contributed by atoms with Crippen molar-refractivity contribution in [3.05, 3.63) is 28.8 Å². The Labute approximate surface area is 100 Å². The molecular formula is C11H14ClNOS. The van der Waals surface area contributed by atoms with Gasteiger partial charge in [-0.25, -0.2) is 0 Å². The van der Waals surface area contributed by atoms with Gasteiger partial charge in [0.1, 0.15) is 10.7 Å². The van der Waals surface area contributed by atoms with E-state index in [0.29, 0.717) is 21.3 Å². The fraction of sp³-hybridized carbons (Fsp3) is 0.364. The van der Waals surface area contributed by atoms with E-state index in [1.165, 1.54) is 0 Å². The van der Waals surface area contributed by atoms with Gasteiger partial charge in [0.25, 0.3) is 0 Å². The summed E-state index contributed by atoms with van der Waals surface area (Å²) in [6.45, 7) is 4.05. The van der Waals surface area contributed by atoms with Gasteiger partial charge in [-0.1, -0.05) is 30.7 Å². The zero-order chi connectivity index (χ0) is 11.4. The van der Waals surface area contributed by atoms with Crippen molar-refractivity contribution in [3.8, 4) is 5.75 Å². The lowest BCUT2D eigenvalue weighted by molar-refractivity contribution is 0.217. The first-order valence-corrected chi connectivity index (χ1v) is 5.59. The van der Waals surface area contributed by atoms with Gasteiger partial charge in [0.05, 0.1) is 11.7 Å². The van der Waals surface area contributed by atoms with Crippen LogP contribution in [-0.4, -0.2) is 11.1 Å². The van der Waals surface area contributed by atoms with Crippen LogP contribution < -0.4 is 10.5 Å². The highest BCUT2D eigenvalue weighted by Gasteiger charge is 2.09. The van der Waals surface area contributed by atoms with Crippen LogP contribution in [0.25, 0.3) is 0 Å². The second-order valence-corrected chi connectivity index (χ2v) is 4.22. The van der Waals surface area contributed by atoms with Crippen LogP contribution in [0, 0.1) is 0 Å². The Morgan fingerprint density at radius 1 is 1.60 bits per heavy atom. The van der Waals surface area contributed by atoms with E-state index in [2.05, 4.69) is 6.92 Å². The van der Waals surface area contributed by atoms with Gasteiger partial charge in [-0.15, -0.1) is 0 Å². The molecule has 2 nitrogen and oxygen atoms in total. The predicted octanol–water partition coefficient (Wildman–Crippen LogP) is 3.15. The highest BCUT2D eigenvalue weighted by Crippen LogP contribution is 2.24. The molecule has 1 unspecified atom stereocenters. The summed E-state index contributed by atoms with van der Waals surface area (Å²) < 4.78 is 5.68. The molecule has 1 rings (SSSR count). The minimum atomic E-state index is 0.138. The van der Waals surface area contributed by atoms with Crippen LogP contribution >= 0.6 is 23.8 Å². The summed E-state index contributed by atoms with van der Waals surface area (Å²) in [5.74, 6) is 0.696. The minimum Gasteiger partial charge on any atom is -0.490 e. The first-order valence-electron chi connectivity index (χ1n) is 4.80. The molecule has 1 aromatic carbocycles. The lowest BCUT2D eigenvalue weighted by Crippen LogP contribution is -2.16. The molecule has 0 spiro atoms. The summed E-state index contributed by atoms with van der Waals surface area (Å²) in [6, 6.07) is 5.28. The molecule has 15 heavy (non-hydrogen) atoms. The lowest BCUT2D eigenvalue weighted by Gasteiger charge is -2.15. The Morgan fingerprint density at radius 2 is 2.27 bits per heavy atom. The average Bonchev–Trinajstić information content (AvgIpc) is 2.20. The van der Waals surface area contributed by atoms with Crippen molar-refractivity contribution in [2.45, 2.75) is 26.4 Å². The molecule has 4 heteroatoms. The quantitative estimate of drug-likeness (QED) is 0.826. The van der Waals surface area contributed by atoms with Gasteiger partial charge in [-0.2, -0.15) is 0 Å². The van der Waals surface area contributed by atoms with E-state index in [1.54, 1.807) is 18.2 Å². The average molecular weight is 244 g/mol. The summed E-state index contributed by atoms with van der Waals surface area (Å²) in [6.07, 6.45) is 1.07. The third kappa shape index (κ3) is 3.36. The van der Waals surface area contributed by atoms with Crippen LogP contribution in [0.2, 0.25) is 5.02 Å². The molecule has 2 N–H and O–H groups in total. The molecule has 0 fully saturated rings. The number of ether oxygens (including phenoxy) is 1. The molecule has 0 aliphatic heterocycles. The second-order valence-electron chi connectivity index (χ2n) is 3.34. The Morgan fingerprint density at radius 3 is 2.80 bits per heavy atom. The SMILES string of the molecule is CCC(C)Oc1ccc(Cl)cc1C(N)=S. The maximum Gasteiger partial charge on any atom is 0.129 e. The summed E-state index contributed by atoms with van der Waals surface area (Å²) in [4.78, 5) is 0.302. The number of hydrogen-bond acceptors (Lipinski definition) is 2. The van der Waals surface area contributed by atoms with E-state index in [9.17, 15) is 0 Å². The number of nitrogens with two attached hydrogens (primary N) is 1. The highest BCUT2D eigenvalue weighted by atomic mass is 35.5. The van der Waals surface area contributed by atoms with Crippen molar-refractivity contribution >= 4 is 28.8 Å². The van der Waals surface area contributed by atoms with E-state index in [-0.39, 0.29) is 6.10 Å². The molecule has 0 aliphatic carbocycles. The van der Waals surface area contributed by atoms with Gasteiger partial charge in [0, 0.05) is 5.02 Å². The fourth-order valence-electron chi connectivity index (χ4n) is 1.10. The Hall–Kier alpha value is -0.800. The van der Waals surface area contributed by atoms with E-state index >= 15 is 0 Å². The predicted molar refractivity (Wildman–Crippen MR) is 67.7 cm³/mol. The van der Waals surface area contributed by atoms with Crippen LogP contribution in [0.4, 0.5) is 0 Å². The summed E-state index contributed by atoms with van der Waals surface area (Å²) in [5.41, 5.74) is 6.29. The van der Waals surface area contributed by atoms with Gasteiger partial charge in [-0.3, -0.25) is 0 Å². The number of halogens is 1. The zero-order valence-electron chi connectivity index (χ0n) is 8.79. The van der Waals surface area contributed by atoms with Crippen LogP contribution in [-0.2, 0) is 0 Å². The molecule has 0 radical (unpaired) electrons. The van der Waals surface area contributed by atoms with E-state index in [1.807, 2.05) is 6.92 Å². The first-order chi connectivity index (χ1) is 7.04. The molecule has 82 valence electrons. The highest BCUT2D eigenvalue weighted by molar-refractivity contribution is 7.80. The van der Waals surface area contributed by atoms with Crippen LogP contribution in [0.15, 0.2) is 18.2 Å². The van der Waals surface area contributed by atoms with Gasteiger partial charge < -0.3 is 10.5 Å². The molecule has 0 amide bonds. The van der Waals surface area contributed by atoms with Gasteiger partial charge >= 0.3 is 0 Å². The van der Waals surface area contributed by atoms with Gasteiger partial charge in [0.15, 0.2) is 0 Å². The summed E-state index contributed by atoms with van der Waals surface area (Å²) in [7, 11) is 0. The monoisotopic (exact) mass is 243 g/mol. The van der Waals surface area contributed by atoms with Crippen LogP contribution in [0.5, 0.6) is 5.75 Å². The van der Waals surface area contributed by atoms with Crippen molar-refractivity contribution in [1.29, 1.82) is 0 Å². The lowest BCUT2D eigenvalue weighted by atomic mass is 10.2. The Balaban J connectivity index is 3.01. The third-order valence-electron chi connectivity index (χ3n) is 2.11. The number of thiocarbonyl (C=S) groups is 1. The maximum atomic E-state index is 5.86. The summed E-state index contributed by atoms with van der Waals surface area (Å²) >= 11 is 10.8. The van der Waals surface area contributed by atoms with Crippen molar-refractivity contribution in [2.24, 2.45) is 5.73 Å². The first kappa shape index (κ1) is 12.3. The zero-order valence-corrected chi connectivity index (χ0v) is 10.4. The molecule has 1 atom stereocenters. The Bertz CT molecular complexity index is 368. The molecule has 0 saturated heterocycles. The van der Waals surface area contributed by atoms with E-state index in [4.69, 9.17) is 34.3 Å². The van der Waals surface area contributed by atoms with Crippen molar-refractivity contribution in [3.63, 3.8) is 0 Å². The van der Waals surface area contributed by atoms with E-state index < -0.39 is 0 Å². The fourth-order valence-corrected chi connectivity index (χ4v) is 1.43. The summed E-state index contributed by atoms with van der Waals surface area (Å²) in [5, 5.41) is 0.606. The normalized spacial score (nSPS) is 12.2. The smallest absolute Gasteiger partial charge is 0.129 e. The number of hydrogen-bond donors (Lipinski definition) is 1. The molecule has 0 bridgehead atoms. The van der Waals surface area contributed by atoms with E-state index in [0.717, 1.165) is 6.42 Å². The largest absolute Gasteiger partial charge is 0.490 e. The van der Waals surface area contributed by atoms with Crippen molar-refractivity contribution in [1.82, 2.24) is 0 Å². The Kier molecular flexibility index (Phi) is 4.36. The second kappa shape index (κ2) is 5.33. The molecular weight excluding hydrogens is 230 g/mol. The van der Waals surface area contributed by atoms with Crippen LogP contribution in [0.1, 0.15) is 25.8 Å². The molecule has 0 aliphatic rings. The molecule has 0 heterocycles. The molecule has 0 saturated carbocycles. The molecule has 0 aromatic heterocycles. The molecule has 1 aromatic rings. The van der Waals surface area contributed by atoms with Crippen LogP contribution in [0.3, 0.4) is 0 Å².